The molecule has 1 aliphatic rings. The van der Waals surface area contributed by atoms with Gasteiger partial charge in [0.2, 0.25) is 0 Å². The van der Waals surface area contributed by atoms with Crippen LogP contribution in [0.3, 0.4) is 0 Å². The second-order valence-corrected chi connectivity index (χ2v) is 4.80. The van der Waals surface area contributed by atoms with E-state index in [2.05, 4.69) is 10.1 Å². The van der Waals surface area contributed by atoms with Crippen molar-refractivity contribution in [3.05, 3.63) is 34.7 Å². The Morgan fingerprint density at radius 3 is 2.55 bits per heavy atom. The number of hydrogen-bond acceptors (Lipinski definition) is 6. The number of ether oxygens (including phenoxy) is 2. The minimum atomic E-state index is -0.464. The highest BCUT2D eigenvalue weighted by atomic mass is 32.2. The number of rotatable bonds is 4. The molecule has 1 saturated heterocycles. The molecule has 0 spiro atoms. The van der Waals surface area contributed by atoms with Crippen molar-refractivity contribution in [2.75, 3.05) is 13.7 Å². The summed E-state index contributed by atoms with van der Waals surface area (Å²) in [6, 6.07) is 6.76. The SMILES string of the molecule is COC(=O)COc1ccc(/C=C2\SC(=O)NC2=O)cc1. The normalized spacial score (nSPS) is 16.1. The molecule has 0 saturated carbocycles. The van der Waals surface area contributed by atoms with E-state index in [1.807, 2.05) is 0 Å². The van der Waals surface area contributed by atoms with E-state index in [-0.39, 0.29) is 11.8 Å². The first-order valence-corrected chi connectivity index (χ1v) is 6.44. The zero-order chi connectivity index (χ0) is 14.5. The van der Waals surface area contributed by atoms with Gasteiger partial charge in [-0.2, -0.15) is 0 Å². The second kappa shape index (κ2) is 6.25. The summed E-state index contributed by atoms with van der Waals surface area (Å²) in [7, 11) is 1.28. The molecule has 0 unspecified atom stereocenters. The van der Waals surface area contributed by atoms with Gasteiger partial charge in [-0.1, -0.05) is 12.1 Å². The number of carbonyl (C=O) groups excluding carboxylic acids is 3. The van der Waals surface area contributed by atoms with Crippen LogP contribution < -0.4 is 10.1 Å². The predicted molar refractivity (Wildman–Crippen MR) is 73.1 cm³/mol. The monoisotopic (exact) mass is 293 g/mol. The first-order valence-electron chi connectivity index (χ1n) is 5.63. The Balaban J connectivity index is 2.01. The molecule has 1 fully saturated rings. The first kappa shape index (κ1) is 14.1. The summed E-state index contributed by atoms with van der Waals surface area (Å²) in [5.74, 6) is -0.350. The van der Waals surface area contributed by atoms with Gasteiger partial charge < -0.3 is 9.47 Å². The number of methoxy groups -OCH3 is 1. The van der Waals surface area contributed by atoms with Crippen molar-refractivity contribution in [1.82, 2.24) is 5.32 Å². The number of nitrogens with one attached hydrogen (secondary N) is 1. The van der Waals surface area contributed by atoms with E-state index < -0.39 is 11.9 Å². The lowest BCUT2D eigenvalue weighted by molar-refractivity contribution is -0.142. The van der Waals surface area contributed by atoms with Gasteiger partial charge in [0.1, 0.15) is 5.75 Å². The van der Waals surface area contributed by atoms with E-state index in [1.54, 1.807) is 30.3 Å². The van der Waals surface area contributed by atoms with E-state index in [0.717, 1.165) is 17.3 Å². The molecule has 2 rings (SSSR count). The molecule has 0 aromatic heterocycles. The van der Waals surface area contributed by atoms with Crippen molar-refractivity contribution in [1.29, 1.82) is 0 Å². The summed E-state index contributed by atoms with van der Waals surface area (Å²) in [6.45, 7) is -0.163. The fraction of sp³-hybridized carbons (Fsp3) is 0.154. The number of esters is 1. The van der Waals surface area contributed by atoms with Crippen molar-refractivity contribution >= 4 is 35.0 Å². The largest absolute Gasteiger partial charge is 0.482 e. The van der Waals surface area contributed by atoms with Crippen LogP contribution in [-0.4, -0.2) is 30.8 Å². The molecule has 0 radical (unpaired) electrons. The predicted octanol–water partition coefficient (Wildman–Crippen LogP) is 1.56. The third-order valence-corrected chi connectivity index (χ3v) is 3.21. The van der Waals surface area contributed by atoms with Crippen LogP contribution in [0.5, 0.6) is 5.75 Å². The van der Waals surface area contributed by atoms with Crippen molar-refractivity contribution in [3.63, 3.8) is 0 Å². The molecule has 0 aliphatic carbocycles. The van der Waals surface area contributed by atoms with Crippen LogP contribution in [-0.2, 0) is 14.3 Å². The maximum Gasteiger partial charge on any atom is 0.343 e. The number of benzene rings is 1. The Hall–Kier alpha value is -2.28. The van der Waals surface area contributed by atoms with E-state index >= 15 is 0 Å². The molecule has 0 atom stereocenters. The Bertz CT molecular complexity index is 579. The fourth-order valence-corrected chi connectivity index (χ4v) is 2.12. The molecule has 0 bridgehead atoms. The molecule has 6 nitrogen and oxygen atoms in total. The van der Waals surface area contributed by atoms with E-state index in [4.69, 9.17) is 4.74 Å². The van der Waals surface area contributed by atoms with Crippen molar-refractivity contribution in [2.24, 2.45) is 0 Å². The Morgan fingerprint density at radius 1 is 1.30 bits per heavy atom. The van der Waals surface area contributed by atoms with Gasteiger partial charge in [-0.25, -0.2) is 4.79 Å². The van der Waals surface area contributed by atoms with E-state index in [1.165, 1.54) is 7.11 Å². The van der Waals surface area contributed by atoms with Crippen molar-refractivity contribution in [3.8, 4) is 5.75 Å². The zero-order valence-corrected chi connectivity index (χ0v) is 11.4. The van der Waals surface area contributed by atoms with Crippen LogP contribution in [0.25, 0.3) is 6.08 Å². The summed E-state index contributed by atoms with van der Waals surface area (Å²) in [6.07, 6.45) is 1.61. The Kier molecular flexibility index (Phi) is 4.41. The quantitative estimate of drug-likeness (QED) is 0.670. The highest BCUT2D eigenvalue weighted by Crippen LogP contribution is 2.26. The van der Waals surface area contributed by atoms with Gasteiger partial charge in [0.25, 0.3) is 11.1 Å². The third kappa shape index (κ3) is 3.61. The van der Waals surface area contributed by atoms with Gasteiger partial charge in [-0.05, 0) is 35.5 Å². The molecule has 1 aromatic carbocycles. The van der Waals surface area contributed by atoms with Crippen LogP contribution >= 0.6 is 11.8 Å². The number of carbonyl (C=O) groups is 3. The first-order chi connectivity index (χ1) is 9.58. The average molecular weight is 293 g/mol. The topological polar surface area (TPSA) is 81.7 Å². The van der Waals surface area contributed by atoms with Gasteiger partial charge in [0.05, 0.1) is 12.0 Å². The lowest BCUT2D eigenvalue weighted by atomic mass is 10.2. The van der Waals surface area contributed by atoms with Gasteiger partial charge in [-0.3, -0.25) is 14.9 Å². The van der Waals surface area contributed by atoms with Crippen LogP contribution in [0.15, 0.2) is 29.2 Å². The molecule has 1 aromatic rings. The van der Waals surface area contributed by atoms with Gasteiger partial charge >= 0.3 is 5.97 Å². The minimum absolute atomic E-state index is 0.163. The van der Waals surface area contributed by atoms with Crippen molar-refractivity contribution < 1.29 is 23.9 Å². The summed E-state index contributed by atoms with van der Waals surface area (Å²) >= 11 is 0.859. The van der Waals surface area contributed by atoms with Crippen LogP contribution in [0.1, 0.15) is 5.56 Å². The summed E-state index contributed by atoms with van der Waals surface area (Å²) in [4.78, 5) is 33.6. The average Bonchev–Trinajstić information content (AvgIpc) is 2.75. The molecule has 20 heavy (non-hydrogen) atoms. The van der Waals surface area contributed by atoms with E-state index in [9.17, 15) is 14.4 Å². The van der Waals surface area contributed by atoms with Gasteiger partial charge in [0, 0.05) is 0 Å². The molecule has 1 heterocycles. The number of hydrogen-bond donors (Lipinski definition) is 1. The molecule has 1 N–H and O–H groups in total. The third-order valence-electron chi connectivity index (χ3n) is 2.40. The van der Waals surface area contributed by atoms with Crippen LogP contribution in [0.4, 0.5) is 4.79 Å². The minimum Gasteiger partial charge on any atom is -0.482 e. The highest BCUT2D eigenvalue weighted by Gasteiger charge is 2.24. The molecule has 1 aliphatic heterocycles. The molecule has 104 valence electrons. The standard InChI is InChI=1S/C13H11NO5S/c1-18-11(15)7-19-9-4-2-8(3-5-9)6-10-12(16)14-13(17)20-10/h2-6H,7H2,1H3,(H,14,16,17)/b10-6-. The molecule has 2 amide bonds. The lowest BCUT2D eigenvalue weighted by Gasteiger charge is -2.04. The Morgan fingerprint density at radius 2 is 2.00 bits per heavy atom. The molecule has 7 heteroatoms. The van der Waals surface area contributed by atoms with Crippen molar-refractivity contribution in [2.45, 2.75) is 0 Å². The van der Waals surface area contributed by atoms with Crippen LogP contribution in [0.2, 0.25) is 0 Å². The maximum absolute atomic E-state index is 11.4. The highest BCUT2D eigenvalue weighted by molar-refractivity contribution is 8.18. The zero-order valence-electron chi connectivity index (χ0n) is 10.5. The van der Waals surface area contributed by atoms with Gasteiger partial charge in [-0.15, -0.1) is 0 Å². The summed E-state index contributed by atoms with van der Waals surface area (Å²) in [5.41, 5.74) is 0.753. The summed E-state index contributed by atoms with van der Waals surface area (Å²) in [5, 5.41) is 1.80. The molecular formula is C13H11NO5S. The number of amides is 2. The molecular weight excluding hydrogens is 282 g/mol. The van der Waals surface area contributed by atoms with E-state index in [0.29, 0.717) is 10.7 Å². The Labute approximate surface area is 119 Å². The van der Waals surface area contributed by atoms with Gasteiger partial charge in [0.15, 0.2) is 6.61 Å². The second-order valence-electron chi connectivity index (χ2n) is 3.79. The van der Waals surface area contributed by atoms with Crippen LogP contribution in [0, 0.1) is 0 Å². The fourth-order valence-electron chi connectivity index (χ4n) is 1.43. The number of imide groups is 1. The lowest BCUT2D eigenvalue weighted by Crippen LogP contribution is -2.17. The maximum atomic E-state index is 11.4. The smallest absolute Gasteiger partial charge is 0.343 e. The number of thioether (sulfide) groups is 1. The summed E-state index contributed by atoms with van der Waals surface area (Å²) < 4.78 is 9.64.